The number of anilines is 2. The first kappa shape index (κ1) is 19.0. The molecule has 1 unspecified atom stereocenters. The van der Waals surface area contributed by atoms with Crippen LogP contribution in [-0.2, 0) is 10.5 Å². The van der Waals surface area contributed by atoms with E-state index >= 15 is 0 Å². The smallest absolute Gasteiger partial charge is 0.276 e. The summed E-state index contributed by atoms with van der Waals surface area (Å²) >= 11 is 0. The van der Waals surface area contributed by atoms with Gasteiger partial charge in [0.1, 0.15) is 18.1 Å². The SMILES string of the molecule is COc1ccc2c(c1)C1(Nc3ccccc3C(=O)N1CCOc1ccccc1)C(=O)N2. The lowest BCUT2D eigenvalue weighted by Crippen LogP contribution is -2.62. The molecule has 0 fully saturated rings. The van der Waals surface area contributed by atoms with Crippen molar-refractivity contribution in [1.29, 1.82) is 0 Å². The van der Waals surface area contributed by atoms with Gasteiger partial charge in [0.05, 0.1) is 19.2 Å². The van der Waals surface area contributed by atoms with E-state index in [0.717, 1.165) is 0 Å². The Hall–Kier alpha value is -4.00. The molecule has 7 heteroatoms. The third-order valence-corrected chi connectivity index (χ3v) is 5.64. The highest BCUT2D eigenvalue weighted by Gasteiger charge is 2.56. The Morgan fingerprint density at radius 2 is 1.68 bits per heavy atom. The molecule has 3 aromatic rings. The second-order valence-electron chi connectivity index (χ2n) is 7.36. The molecule has 2 heterocycles. The molecule has 0 aromatic heterocycles. The van der Waals surface area contributed by atoms with Crippen LogP contribution in [0.4, 0.5) is 11.4 Å². The van der Waals surface area contributed by atoms with E-state index in [2.05, 4.69) is 10.6 Å². The van der Waals surface area contributed by atoms with Crippen molar-refractivity contribution in [3.05, 3.63) is 83.9 Å². The van der Waals surface area contributed by atoms with Crippen LogP contribution in [0.1, 0.15) is 15.9 Å². The molecular formula is C24H21N3O4. The van der Waals surface area contributed by atoms with Gasteiger partial charge in [-0.15, -0.1) is 0 Å². The van der Waals surface area contributed by atoms with Crippen molar-refractivity contribution in [1.82, 2.24) is 4.90 Å². The molecule has 0 saturated heterocycles. The van der Waals surface area contributed by atoms with Gasteiger partial charge in [-0.25, -0.2) is 0 Å². The highest BCUT2D eigenvalue weighted by Crippen LogP contribution is 2.46. The molecule has 3 aromatic carbocycles. The molecule has 31 heavy (non-hydrogen) atoms. The fraction of sp³-hybridized carbons (Fsp3) is 0.167. The van der Waals surface area contributed by atoms with Crippen LogP contribution < -0.4 is 20.1 Å². The number of hydrogen-bond donors (Lipinski definition) is 2. The van der Waals surface area contributed by atoms with E-state index in [-0.39, 0.29) is 25.0 Å². The topological polar surface area (TPSA) is 79.9 Å². The number of nitrogens with one attached hydrogen (secondary N) is 2. The zero-order valence-corrected chi connectivity index (χ0v) is 16.9. The van der Waals surface area contributed by atoms with Crippen LogP contribution in [-0.4, -0.2) is 37.0 Å². The molecule has 2 N–H and O–H groups in total. The van der Waals surface area contributed by atoms with Crippen LogP contribution in [0.3, 0.4) is 0 Å². The molecule has 0 aliphatic carbocycles. The predicted octanol–water partition coefficient (Wildman–Crippen LogP) is 3.45. The number of carbonyl (C=O) groups excluding carboxylic acids is 2. The summed E-state index contributed by atoms with van der Waals surface area (Å²) in [5.41, 5.74) is 1.00. The van der Waals surface area contributed by atoms with E-state index in [0.29, 0.717) is 34.0 Å². The first-order valence-corrected chi connectivity index (χ1v) is 10.0. The van der Waals surface area contributed by atoms with Crippen molar-refractivity contribution in [2.75, 3.05) is 30.9 Å². The average molecular weight is 415 g/mol. The summed E-state index contributed by atoms with van der Waals surface area (Å²) in [5.74, 6) is 0.741. The van der Waals surface area contributed by atoms with Crippen molar-refractivity contribution in [3.8, 4) is 11.5 Å². The van der Waals surface area contributed by atoms with Gasteiger partial charge in [-0.2, -0.15) is 0 Å². The summed E-state index contributed by atoms with van der Waals surface area (Å²) in [6.07, 6.45) is 0. The van der Waals surface area contributed by atoms with Gasteiger partial charge >= 0.3 is 0 Å². The van der Waals surface area contributed by atoms with Crippen LogP contribution in [0.2, 0.25) is 0 Å². The molecule has 2 aliphatic rings. The van der Waals surface area contributed by atoms with Gasteiger partial charge in [-0.05, 0) is 42.5 Å². The van der Waals surface area contributed by atoms with E-state index in [1.54, 1.807) is 48.4 Å². The van der Waals surface area contributed by atoms with Crippen molar-refractivity contribution in [2.45, 2.75) is 5.66 Å². The number of fused-ring (bicyclic) bond motifs is 3. The number of rotatable bonds is 5. The summed E-state index contributed by atoms with van der Waals surface area (Å²) in [6.45, 7) is 0.438. The number of nitrogens with zero attached hydrogens (tertiary/aromatic N) is 1. The van der Waals surface area contributed by atoms with Crippen LogP contribution in [0.15, 0.2) is 72.8 Å². The maximum atomic E-state index is 13.5. The van der Waals surface area contributed by atoms with Gasteiger partial charge in [-0.1, -0.05) is 30.3 Å². The number of methoxy groups -OCH3 is 1. The normalized spacial score (nSPS) is 18.8. The maximum Gasteiger partial charge on any atom is 0.276 e. The molecule has 1 atom stereocenters. The van der Waals surface area contributed by atoms with Gasteiger partial charge in [0.2, 0.25) is 5.66 Å². The Balaban J connectivity index is 1.57. The Morgan fingerprint density at radius 1 is 0.903 bits per heavy atom. The maximum absolute atomic E-state index is 13.5. The average Bonchev–Trinajstić information content (AvgIpc) is 3.07. The van der Waals surface area contributed by atoms with E-state index in [9.17, 15) is 9.59 Å². The van der Waals surface area contributed by atoms with Crippen molar-refractivity contribution < 1.29 is 19.1 Å². The van der Waals surface area contributed by atoms with Crippen molar-refractivity contribution in [2.24, 2.45) is 0 Å². The van der Waals surface area contributed by atoms with Gasteiger partial charge < -0.3 is 25.0 Å². The fourth-order valence-corrected chi connectivity index (χ4v) is 4.17. The fourth-order valence-electron chi connectivity index (χ4n) is 4.17. The second-order valence-corrected chi connectivity index (χ2v) is 7.36. The van der Waals surface area contributed by atoms with Gasteiger partial charge in [0.15, 0.2) is 0 Å². The number of ether oxygens (including phenoxy) is 2. The Labute approximate surface area is 179 Å². The lowest BCUT2D eigenvalue weighted by atomic mass is 9.93. The van der Waals surface area contributed by atoms with E-state index in [1.165, 1.54) is 0 Å². The summed E-state index contributed by atoms with van der Waals surface area (Å²) in [4.78, 5) is 28.4. The second kappa shape index (κ2) is 7.36. The Morgan fingerprint density at radius 3 is 2.48 bits per heavy atom. The summed E-state index contributed by atoms with van der Waals surface area (Å²) in [7, 11) is 1.57. The van der Waals surface area contributed by atoms with E-state index < -0.39 is 5.66 Å². The molecule has 0 bridgehead atoms. The van der Waals surface area contributed by atoms with E-state index in [1.807, 2.05) is 36.4 Å². The van der Waals surface area contributed by atoms with E-state index in [4.69, 9.17) is 9.47 Å². The minimum absolute atomic E-state index is 0.207. The molecule has 1 spiro atoms. The van der Waals surface area contributed by atoms with Crippen LogP contribution in [0.5, 0.6) is 11.5 Å². The Kier molecular flexibility index (Phi) is 4.51. The first-order valence-electron chi connectivity index (χ1n) is 10.0. The predicted molar refractivity (Wildman–Crippen MR) is 116 cm³/mol. The number of benzene rings is 3. The van der Waals surface area contributed by atoms with Crippen LogP contribution in [0, 0.1) is 0 Å². The van der Waals surface area contributed by atoms with Crippen LogP contribution in [0.25, 0.3) is 0 Å². The number of amides is 2. The van der Waals surface area contributed by atoms with Crippen molar-refractivity contribution >= 4 is 23.2 Å². The lowest BCUT2D eigenvalue weighted by Gasteiger charge is -2.44. The minimum Gasteiger partial charge on any atom is -0.497 e. The third kappa shape index (κ3) is 2.97. The van der Waals surface area contributed by atoms with Crippen LogP contribution >= 0.6 is 0 Å². The quantitative estimate of drug-likeness (QED) is 0.667. The zero-order chi connectivity index (χ0) is 21.4. The lowest BCUT2D eigenvalue weighted by molar-refractivity contribution is -0.125. The van der Waals surface area contributed by atoms with Crippen molar-refractivity contribution in [3.63, 3.8) is 0 Å². The monoisotopic (exact) mass is 415 g/mol. The molecule has 2 aliphatic heterocycles. The summed E-state index contributed by atoms with van der Waals surface area (Å²) in [5, 5.41) is 6.25. The molecule has 156 valence electrons. The first-order chi connectivity index (χ1) is 15.1. The molecule has 0 radical (unpaired) electrons. The molecule has 7 nitrogen and oxygen atoms in total. The van der Waals surface area contributed by atoms with Gasteiger partial charge in [-0.3, -0.25) is 9.59 Å². The summed E-state index contributed by atoms with van der Waals surface area (Å²) in [6, 6.07) is 21.9. The van der Waals surface area contributed by atoms with Gasteiger partial charge in [0, 0.05) is 16.9 Å². The number of para-hydroxylation sites is 2. The molecule has 2 amide bonds. The molecule has 0 saturated carbocycles. The van der Waals surface area contributed by atoms with Gasteiger partial charge in [0.25, 0.3) is 11.8 Å². The standard InChI is InChI=1S/C24H21N3O4/c1-30-17-11-12-21-19(15-17)24(23(29)25-21)26-20-10-6-5-9-18(20)22(28)27(24)13-14-31-16-7-3-2-4-8-16/h2-12,15,26H,13-14H2,1H3,(H,25,29). The highest BCUT2D eigenvalue weighted by molar-refractivity contribution is 6.14. The highest BCUT2D eigenvalue weighted by atomic mass is 16.5. The third-order valence-electron chi connectivity index (χ3n) is 5.64. The molecular weight excluding hydrogens is 394 g/mol. The molecule has 5 rings (SSSR count). The largest absolute Gasteiger partial charge is 0.497 e. The number of hydrogen-bond acceptors (Lipinski definition) is 5. The zero-order valence-electron chi connectivity index (χ0n) is 16.9. The minimum atomic E-state index is -1.39. The number of carbonyl (C=O) groups is 2. The summed E-state index contributed by atoms with van der Waals surface area (Å²) < 4.78 is 11.2. The Bertz CT molecular complexity index is 1160.